The van der Waals surface area contributed by atoms with Gasteiger partial charge in [0.05, 0.1) is 11.6 Å². The SMILES string of the molecule is O=C(CNc1ccn[nH]c1=O)N1CCC(Oc2cc(Cl)ccc2Cl)CC1. The van der Waals surface area contributed by atoms with Crippen molar-refractivity contribution in [2.45, 2.75) is 18.9 Å². The van der Waals surface area contributed by atoms with Gasteiger partial charge in [-0.15, -0.1) is 0 Å². The molecule has 2 N–H and O–H groups in total. The predicted octanol–water partition coefficient (Wildman–Crippen LogP) is 2.56. The normalized spacial score (nSPS) is 14.9. The number of aromatic nitrogens is 2. The lowest BCUT2D eigenvalue weighted by Crippen LogP contribution is -2.44. The van der Waals surface area contributed by atoms with Crippen LogP contribution in [0.25, 0.3) is 0 Å². The van der Waals surface area contributed by atoms with Gasteiger partial charge in [-0.25, -0.2) is 5.10 Å². The molecule has 1 amide bonds. The molecule has 9 heteroatoms. The van der Waals surface area contributed by atoms with Crippen molar-refractivity contribution in [2.24, 2.45) is 0 Å². The smallest absolute Gasteiger partial charge is 0.287 e. The minimum Gasteiger partial charge on any atom is -0.489 e. The molecule has 0 unspecified atom stereocenters. The number of aromatic amines is 1. The lowest BCUT2D eigenvalue weighted by atomic mass is 10.1. The lowest BCUT2D eigenvalue weighted by Gasteiger charge is -2.32. The van der Waals surface area contributed by atoms with Crippen LogP contribution in [-0.4, -0.2) is 46.7 Å². The van der Waals surface area contributed by atoms with E-state index >= 15 is 0 Å². The lowest BCUT2D eigenvalue weighted by molar-refractivity contribution is -0.131. The first-order chi connectivity index (χ1) is 12.5. The van der Waals surface area contributed by atoms with Crippen LogP contribution >= 0.6 is 23.2 Å². The zero-order chi connectivity index (χ0) is 18.5. The van der Waals surface area contributed by atoms with Gasteiger partial charge in [0.25, 0.3) is 5.56 Å². The van der Waals surface area contributed by atoms with E-state index in [9.17, 15) is 9.59 Å². The van der Waals surface area contributed by atoms with E-state index < -0.39 is 0 Å². The highest BCUT2D eigenvalue weighted by Gasteiger charge is 2.24. The molecule has 0 saturated carbocycles. The number of ether oxygens (including phenoxy) is 1. The third-order valence-corrected chi connectivity index (χ3v) is 4.69. The van der Waals surface area contributed by atoms with Gasteiger partial charge >= 0.3 is 0 Å². The van der Waals surface area contributed by atoms with E-state index in [4.69, 9.17) is 27.9 Å². The second-order valence-electron chi connectivity index (χ2n) is 5.93. The number of amides is 1. The Morgan fingerprint density at radius 1 is 1.31 bits per heavy atom. The molecule has 0 atom stereocenters. The fourth-order valence-corrected chi connectivity index (χ4v) is 3.06. The Bertz CT molecular complexity index is 835. The highest BCUT2D eigenvalue weighted by atomic mass is 35.5. The molecule has 1 aromatic carbocycles. The number of anilines is 1. The molecule has 2 heterocycles. The van der Waals surface area contributed by atoms with E-state index in [1.54, 1.807) is 23.1 Å². The first-order valence-corrected chi connectivity index (χ1v) is 8.95. The molecule has 0 bridgehead atoms. The van der Waals surface area contributed by atoms with E-state index in [0.717, 1.165) is 0 Å². The molecule has 0 spiro atoms. The van der Waals surface area contributed by atoms with Gasteiger partial charge in [0.1, 0.15) is 17.5 Å². The highest BCUT2D eigenvalue weighted by Crippen LogP contribution is 2.30. The quantitative estimate of drug-likeness (QED) is 0.810. The van der Waals surface area contributed by atoms with Crippen molar-refractivity contribution < 1.29 is 9.53 Å². The average molecular weight is 397 g/mol. The van der Waals surface area contributed by atoms with Crippen LogP contribution in [-0.2, 0) is 4.79 Å². The zero-order valence-corrected chi connectivity index (χ0v) is 15.4. The maximum absolute atomic E-state index is 12.3. The number of halogens is 2. The molecule has 1 fully saturated rings. The summed E-state index contributed by atoms with van der Waals surface area (Å²) in [6, 6.07) is 6.63. The van der Waals surface area contributed by atoms with Crippen molar-refractivity contribution in [2.75, 3.05) is 25.0 Å². The molecule has 1 aliphatic heterocycles. The van der Waals surface area contributed by atoms with Crippen LogP contribution < -0.4 is 15.6 Å². The predicted molar refractivity (Wildman–Crippen MR) is 100 cm³/mol. The summed E-state index contributed by atoms with van der Waals surface area (Å²) in [5, 5.41) is 9.84. The number of hydrogen-bond donors (Lipinski definition) is 2. The molecule has 1 aromatic heterocycles. The monoisotopic (exact) mass is 396 g/mol. The van der Waals surface area contributed by atoms with Gasteiger partial charge < -0.3 is 15.0 Å². The summed E-state index contributed by atoms with van der Waals surface area (Å²) in [7, 11) is 0. The van der Waals surface area contributed by atoms with E-state index in [1.807, 2.05) is 0 Å². The van der Waals surface area contributed by atoms with E-state index in [0.29, 0.717) is 47.4 Å². The molecular formula is C17H18Cl2N4O3. The van der Waals surface area contributed by atoms with Gasteiger partial charge in [0.15, 0.2) is 0 Å². The van der Waals surface area contributed by atoms with Crippen LogP contribution in [0.2, 0.25) is 10.0 Å². The summed E-state index contributed by atoms with van der Waals surface area (Å²) in [6.45, 7) is 1.21. The van der Waals surface area contributed by atoms with Gasteiger partial charge in [-0.3, -0.25) is 9.59 Å². The number of nitrogens with zero attached hydrogens (tertiary/aromatic N) is 2. The Labute approximate surface area is 160 Å². The van der Waals surface area contributed by atoms with E-state index in [1.165, 1.54) is 12.3 Å². The Kier molecular flexibility index (Phi) is 6.00. The van der Waals surface area contributed by atoms with Crippen molar-refractivity contribution in [1.29, 1.82) is 0 Å². The number of likely N-dealkylation sites (tertiary alicyclic amines) is 1. The minimum absolute atomic E-state index is 0.0222. The average Bonchev–Trinajstić information content (AvgIpc) is 2.64. The standard InChI is InChI=1S/C17H18Cl2N4O3/c18-11-1-2-13(19)15(9-11)26-12-4-7-23(8-5-12)16(24)10-20-14-3-6-21-22-17(14)25/h1-3,6,9,12H,4-5,7-8,10H2,(H,20,21)(H,22,25). The number of rotatable bonds is 5. The molecule has 2 aromatic rings. The van der Waals surface area contributed by atoms with Crippen LogP contribution in [0.5, 0.6) is 5.75 Å². The topological polar surface area (TPSA) is 87.3 Å². The highest BCUT2D eigenvalue weighted by molar-refractivity contribution is 6.34. The summed E-state index contributed by atoms with van der Waals surface area (Å²) in [5.41, 5.74) is -0.0343. The van der Waals surface area contributed by atoms with Crippen molar-refractivity contribution in [3.05, 3.63) is 50.9 Å². The summed E-state index contributed by atoms with van der Waals surface area (Å²) >= 11 is 12.1. The first kappa shape index (κ1) is 18.5. The van der Waals surface area contributed by atoms with Gasteiger partial charge in [-0.05, 0) is 18.2 Å². The largest absolute Gasteiger partial charge is 0.489 e. The van der Waals surface area contributed by atoms with Gasteiger partial charge in [-0.2, -0.15) is 5.10 Å². The van der Waals surface area contributed by atoms with Crippen molar-refractivity contribution >= 4 is 34.8 Å². The van der Waals surface area contributed by atoms with Gasteiger partial charge in [0.2, 0.25) is 5.91 Å². The molecule has 1 aliphatic rings. The molecule has 7 nitrogen and oxygen atoms in total. The third kappa shape index (κ3) is 4.68. The Hall–Kier alpha value is -2.25. The van der Waals surface area contributed by atoms with Crippen LogP contribution in [0.1, 0.15) is 12.8 Å². The molecular weight excluding hydrogens is 379 g/mol. The molecule has 1 saturated heterocycles. The fraction of sp³-hybridized carbons (Fsp3) is 0.353. The number of piperidine rings is 1. The van der Waals surface area contributed by atoms with Crippen molar-refractivity contribution in [1.82, 2.24) is 15.1 Å². The minimum atomic E-state index is -0.356. The maximum Gasteiger partial charge on any atom is 0.287 e. The number of benzene rings is 1. The fourth-order valence-electron chi connectivity index (χ4n) is 2.74. The Morgan fingerprint density at radius 2 is 2.08 bits per heavy atom. The van der Waals surface area contributed by atoms with Crippen LogP contribution in [0.15, 0.2) is 35.3 Å². The summed E-state index contributed by atoms with van der Waals surface area (Å²) in [4.78, 5) is 25.6. The van der Waals surface area contributed by atoms with Gasteiger partial charge in [-0.1, -0.05) is 23.2 Å². The number of carbonyl (C=O) groups excluding carboxylic acids is 1. The number of nitrogens with one attached hydrogen (secondary N) is 2. The van der Waals surface area contributed by atoms with Crippen LogP contribution in [0, 0.1) is 0 Å². The Balaban J connectivity index is 1.48. The van der Waals surface area contributed by atoms with Crippen molar-refractivity contribution in [3.8, 4) is 5.75 Å². The van der Waals surface area contributed by atoms with Gasteiger partial charge in [0, 0.05) is 43.2 Å². The zero-order valence-electron chi connectivity index (χ0n) is 13.9. The maximum atomic E-state index is 12.3. The molecule has 3 rings (SSSR count). The first-order valence-electron chi connectivity index (χ1n) is 8.20. The van der Waals surface area contributed by atoms with Crippen molar-refractivity contribution in [3.63, 3.8) is 0 Å². The Morgan fingerprint density at radius 3 is 2.81 bits per heavy atom. The molecule has 0 radical (unpaired) electrons. The summed E-state index contributed by atoms with van der Waals surface area (Å²) in [6.07, 6.45) is 2.83. The molecule has 26 heavy (non-hydrogen) atoms. The van der Waals surface area contributed by atoms with Crippen LogP contribution in [0.4, 0.5) is 5.69 Å². The second kappa shape index (κ2) is 8.42. The number of carbonyl (C=O) groups is 1. The summed E-state index contributed by atoms with van der Waals surface area (Å²) < 4.78 is 5.92. The number of hydrogen-bond acceptors (Lipinski definition) is 5. The number of H-pyrrole nitrogens is 1. The summed E-state index contributed by atoms with van der Waals surface area (Å²) in [5.74, 6) is 0.489. The molecule has 0 aliphatic carbocycles. The second-order valence-corrected chi connectivity index (χ2v) is 6.77. The molecule has 138 valence electrons. The van der Waals surface area contributed by atoms with E-state index in [-0.39, 0.29) is 24.1 Å². The van der Waals surface area contributed by atoms with E-state index in [2.05, 4.69) is 15.5 Å². The third-order valence-electron chi connectivity index (χ3n) is 4.14. The van der Waals surface area contributed by atoms with Crippen LogP contribution in [0.3, 0.4) is 0 Å².